The van der Waals surface area contributed by atoms with Gasteiger partial charge in [-0.05, 0) is 12.0 Å². The molecule has 1 aliphatic rings. The van der Waals surface area contributed by atoms with Gasteiger partial charge in [0.15, 0.2) is 0 Å². The fourth-order valence-electron chi connectivity index (χ4n) is 1.91. The van der Waals surface area contributed by atoms with Crippen LogP contribution < -0.4 is 0 Å². The molecule has 2 rings (SSSR count). The Bertz CT molecular complexity index is 350. The quantitative estimate of drug-likeness (QED) is 0.487. The molecule has 0 saturated carbocycles. The SMILES string of the molecule is O=C1CC[C@@](CI)(Cc2ccccc2)O1. The molecule has 0 N–H and O–H groups in total. The van der Waals surface area contributed by atoms with Crippen LogP contribution in [0.5, 0.6) is 0 Å². The fourth-order valence-corrected chi connectivity index (χ4v) is 2.71. The smallest absolute Gasteiger partial charge is 0.306 e. The Hall–Kier alpha value is -0.580. The highest BCUT2D eigenvalue weighted by molar-refractivity contribution is 14.1. The van der Waals surface area contributed by atoms with Gasteiger partial charge in [-0.3, -0.25) is 4.79 Å². The summed E-state index contributed by atoms with van der Waals surface area (Å²) in [5.41, 5.74) is 0.989. The van der Waals surface area contributed by atoms with E-state index in [9.17, 15) is 4.79 Å². The van der Waals surface area contributed by atoms with Crippen LogP contribution in [0.4, 0.5) is 0 Å². The minimum Gasteiger partial charge on any atom is -0.458 e. The van der Waals surface area contributed by atoms with Gasteiger partial charge < -0.3 is 4.74 Å². The second kappa shape index (κ2) is 4.51. The second-order valence-corrected chi connectivity index (χ2v) is 4.72. The number of esters is 1. The predicted octanol–water partition coefficient (Wildman–Crippen LogP) is 2.74. The summed E-state index contributed by atoms with van der Waals surface area (Å²) in [5.74, 6) is -0.0532. The zero-order chi connectivity index (χ0) is 10.7. The molecule has 0 unspecified atom stereocenters. The molecule has 1 atom stereocenters. The number of halogens is 1. The van der Waals surface area contributed by atoms with Gasteiger partial charge in [0, 0.05) is 17.3 Å². The largest absolute Gasteiger partial charge is 0.458 e. The van der Waals surface area contributed by atoms with Crippen molar-refractivity contribution in [2.75, 3.05) is 4.43 Å². The van der Waals surface area contributed by atoms with Crippen molar-refractivity contribution < 1.29 is 9.53 Å². The predicted molar refractivity (Wildman–Crippen MR) is 67.1 cm³/mol. The number of carbonyl (C=O) groups is 1. The van der Waals surface area contributed by atoms with Gasteiger partial charge >= 0.3 is 5.97 Å². The van der Waals surface area contributed by atoms with Crippen molar-refractivity contribution in [3.05, 3.63) is 35.9 Å². The first-order valence-electron chi connectivity index (χ1n) is 5.06. The molecule has 0 aromatic heterocycles. The highest BCUT2D eigenvalue weighted by atomic mass is 127. The second-order valence-electron chi connectivity index (χ2n) is 3.95. The molecule has 0 aliphatic carbocycles. The number of ether oxygens (including phenoxy) is 1. The summed E-state index contributed by atoms with van der Waals surface area (Å²) in [6.07, 6.45) is 2.25. The van der Waals surface area contributed by atoms with Crippen molar-refractivity contribution in [1.29, 1.82) is 0 Å². The summed E-state index contributed by atoms with van der Waals surface area (Å²) < 4.78 is 6.32. The first-order chi connectivity index (χ1) is 7.24. The van der Waals surface area contributed by atoms with Crippen LogP contribution >= 0.6 is 22.6 Å². The van der Waals surface area contributed by atoms with E-state index >= 15 is 0 Å². The van der Waals surface area contributed by atoms with Crippen molar-refractivity contribution in [2.24, 2.45) is 0 Å². The summed E-state index contributed by atoms with van der Waals surface area (Å²) in [7, 11) is 0. The summed E-state index contributed by atoms with van der Waals surface area (Å²) in [5, 5.41) is 0. The van der Waals surface area contributed by atoms with Crippen LogP contribution in [0.3, 0.4) is 0 Å². The van der Waals surface area contributed by atoms with E-state index in [1.807, 2.05) is 18.2 Å². The zero-order valence-electron chi connectivity index (χ0n) is 8.41. The van der Waals surface area contributed by atoms with Crippen LogP contribution in [-0.4, -0.2) is 16.0 Å². The van der Waals surface area contributed by atoms with E-state index < -0.39 is 0 Å². The molecular weight excluding hydrogens is 303 g/mol. The van der Waals surface area contributed by atoms with Gasteiger partial charge in [-0.15, -0.1) is 0 Å². The third-order valence-electron chi connectivity index (χ3n) is 2.73. The Morgan fingerprint density at radius 3 is 2.60 bits per heavy atom. The first kappa shape index (κ1) is 10.9. The maximum Gasteiger partial charge on any atom is 0.306 e. The summed E-state index contributed by atoms with van der Waals surface area (Å²) in [6.45, 7) is 0. The monoisotopic (exact) mass is 316 g/mol. The lowest BCUT2D eigenvalue weighted by Gasteiger charge is -2.25. The van der Waals surface area contributed by atoms with Crippen LogP contribution in [0.15, 0.2) is 30.3 Å². The maximum absolute atomic E-state index is 11.2. The van der Waals surface area contributed by atoms with Crippen LogP contribution in [0.2, 0.25) is 0 Å². The Kier molecular flexibility index (Phi) is 3.29. The lowest BCUT2D eigenvalue weighted by Crippen LogP contribution is -2.33. The number of rotatable bonds is 3. The van der Waals surface area contributed by atoms with Crippen LogP contribution in [0, 0.1) is 0 Å². The molecule has 1 heterocycles. The topological polar surface area (TPSA) is 26.3 Å². The third kappa shape index (κ3) is 2.51. The molecule has 0 spiro atoms. The summed E-state index contributed by atoms with van der Waals surface area (Å²) >= 11 is 2.30. The van der Waals surface area contributed by atoms with Crippen molar-refractivity contribution >= 4 is 28.6 Å². The van der Waals surface area contributed by atoms with E-state index in [0.29, 0.717) is 6.42 Å². The lowest BCUT2D eigenvalue weighted by atomic mass is 9.94. The molecule has 3 heteroatoms. The van der Waals surface area contributed by atoms with Crippen LogP contribution in [0.25, 0.3) is 0 Å². The minimum absolute atomic E-state index is 0.0532. The Balaban J connectivity index is 2.12. The molecular formula is C12H13IO2. The van der Waals surface area contributed by atoms with Crippen LogP contribution in [-0.2, 0) is 16.0 Å². The van der Waals surface area contributed by atoms with Gasteiger partial charge in [-0.2, -0.15) is 0 Å². The average Bonchev–Trinajstić information content (AvgIpc) is 2.62. The van der Waals surface area contributed by atoms with Crippen molar-refractivity contribution in [3.8, 4) is 0 Å². The molecule has 1 saturated heterocycles. The molecule has 2 nitrogen and oxygen atoms in total. The Morgan fingerprint density at radius 2 is 2.07 bits per heavy atom. The molecule has 1 aliphatic heterocycles. The standard InChI is InChI=1S/C12H13IO2/c13-9-12(7-6-11(14)15-12)8-10-4-2-1-3-5-10/h1-5H,6-9H2/t12-/m0/s1. The lowest BCUT2D eigenvalue weighted by molar-refractivity contribution is -0.146. The van der Waals surface area contributed by atoms with E-state index in [2.05, 4.69) is 34.7 Å². The van der Waals surface area contributed by atoms with Gasteiger partial charge in [-0.25, -0.2) is 0 Å². The maximum atomic E-state index is 11.2. The molecule has 1 aromatic carbocycles. The zero-order valence-corrected chi connectivity index (χ0v) is 10.6. The first-order valence-corrected chi connectivity index (χ1v) is 6.58. The Labute approximate surface area is 103 Å². The van der Waals surface area contributed by atoms with Crippen molar-refractivity contribution in [1.82, 2.24) is 0 Å². The van der Waals surface area contributed by atoms with Gasteiger partial charge in [0.2, 0.25) is 0 Å². The van der Waals surface area contributed by atoms with Gasteiger partial charge in [0.25, 0.3) is 0 Å². The molecule has 0 radical (unpaired) electrons. The summed E-state index contributed by atoms with van der Waals surface area (Å²) in [4.78, 5) is 11.2. The van der Waals surface area contributed by atoms with E-state index in [0.717, 1.165) is 17.3 Å². The highest BCUT2D eigenvalue weighted by Gasteiger charge is 2.39. The Morgan fingerprint density at radius 1 is 1.33 bits per heavy atom. The van der Waals surface area contributed by atoms with E-state index in [-0.39, 0.29) is 11.6 Å². The van der Waals surface area contributed by atoms with E-state index in [1.54, 1.807) is 0 Å². The number of hydrogen-bond acceptors (Lipinski definition) is 2. The van der Waals surface area contributed by atoms with Crippen molar-refractivity contribution in [3.63, 3.8) is 0 Å². The molecule has 0 amide bonds. The normalized spacial score (nSPS) is 25.3. The van der Waals surface area contributed by atoms with Gasteiger partial charge in [-0.1, -0.05) is 52.9 Å². The average molecular weight is 316 g/mol. The number of hydrogen-bond donors (Lipinski definition) is 0. The van der Waals surface area contributed by atoms with Gasteiger partial charge in [0.05, 0.1) is 0 Å². The molecule has 0 bridgehead atoms. The van der Waals surface area contributed by atoms with E-state index in [1.165, 1.54) is 5.56 Å². The van der Waals surface area contributed by atoms with E-state index in [4.69, 9.17) is 4.74 Å². The van der Waals surface area contributed by atoms with Gasteiger partial charge in [0.1, 0.15) is 5.60 Å². The minimum atomic E-state index is -0.251. The number of carbonyl (C=O) groups excluding carboxylic acids is 1. The fraction of sp³-hybridized carbons (Fsp3) is 0.417. The number of benzene rings is 1. The molecule has 1 aromatic rings. The molecule has 80 valence electrons. The van der Waals surface area contributed by atoms with Crippen molar-refractivity contribution in [2.45, 2.75) is 24.9 Å². The molecule has 15 heavy (non-hydrogen) atoms. The summed E-state index contributed by atoms with van der Waals surface area (Å²) in [6, 6.07) is 10.2. The molecule has 1 fully saturated rings. The van der Waals surface area contributed by atoms with Crippen LogP contribution in [0.1, 0.15) is 18.4 Å². The number of cyclic esters (lactones) is 1. The third-order valence-corrected chi connectivity index (χ3v) is 4.12. The number of alkyl halides is 1. The highest BCUT2D eigenvalue weighted by Crippen LogP contribution is 2.32.